The Morgan fingerprint density at radius 1 is 0.833 bits per heavy atom. The van der Waals surface area contributed by atoms with Gasteiger partial charge in [-0.15, -0.1) is 0 Å². The average molecular weight is 270 g/mol. The minimum Gasteiger partial charge on any atom is -0.744 e. The summed E-state index contributed by atoms with van der Waals surface area (Å²) in [6.45, 7) is 2.00. The van der Waals surface area contributed by atoms with Crippen LogP contribution in [-0.4, -0.2) is 13.0 Å². The van der Waals surface area contributed by atoms with Crippen LogP contribution in [0.3, 0.4) is 0 Å². The van der Waals surface area contributed by atoms with Crippen LogP contribution in [-0.2, 0) is 10.1 Å². The summed E-state index contributed by atoms with van der Waals surface area (Å²) in [4.78, 5) is -0.201. The van der Waals surface area contributed by atoms with E-state index >= 15 is 0 Å². The van der Waals surface area contributed by atoms with Gasteiger partial charge in [0.2, 0.25) is 0 Å². The van der Waals surface area contributed by atoms with Crippen molar-refractivity contribution < 1.29 is 42.5 Å². The maximum absolute atomic E-state index is 10.8. The third kappa shape index (κ3) is 3.67. The minimum absolute atomic E-state index is 0. The van der Waals surface area contributed by atoms with E-state index < -0.39 is 10.1 Å². The Balaban J connectivity index is 0.00000162. The van der Waals surface area contributed by atoms with Crippen molar-refractivity contribution >= 4 is 10.1 Å². The molecule has 0 spiro atoms. The van der Waals surface area contributed by atoms with Crippen LogP contribution in [0.4, 0.5) is 0 Å². The van der Waals surface area contributed by atoms with Gasteiger partial charge in [0, 0.05) is 0 Å². The molecule has 0 bridgehead atoms. The molecule has 0 aliphatic heterocycles. The monoisotopic (exact) mass is 270 g/mol. The van der Waals surface area contributed by atoms with Gasteiger partial charge in [-0.05, 0) is 30.2 Å². The van der Waals surface area contributed by atoms with Crippen molar-refractivity contribution in [1.82, 2.24) is 0 Å². The molecule has 2 aromatic rings. The quantitative estimate of drug-likeness (QED) is 0.549. The van der Waals surface area contributed by atoms with Crippen LogP contribution in [0.1, 0.15) is 5.56 Å². The fourth-order valence-corrected chi connectivity index (χ4v) is 2.03. The van der Waals surface area contributed by atoms with E-state index in [9.17, 15) is 13.0 Å². The van der Waals surface area contributed by atoms with Gasteiger partial charge in [0.25, 0.3) is 0 Å². The van der Waals surface area contributed by atoms with Crippen molar-refractivity contribution in [2.45, 2.75) is 11.8 Å². The Labute approximate surface area is 129 Å². The molecule has 0 saturated carbocycles. The van der Waals surface area contributed by atoms with Crippen molar-refractivity contribution in [2.24, 2.45) is 0 Å². The molecule has 0 unspecified atom stereocenters. The van der Waals surface area contributed by atoms with Gasteiger partial charge in [-0.25, -0.2) is 8.42 Å². The molecule has 0 N–H and O–H groups in total. The second-order valence-electron chi connectivity index (χ2n) is 3.84. The summed E-state index contributed by atoms with van der Waals surface area (Å²) >= 11 is 0. The van der Waals surface area contributed by atoms with Crippen LogP contribution in [0.5, 0.6) is 0 Å². The van der Waals surface area contributed by atoms with E-state index in [0.29, 0.717) is 0 Å². The first-order chi connectivity index (χ1) is 7.97. The summed E-state index contributed by atoms with van der Waals surface area (Å²) in [6.07, 6.45) is 0. The molecule has 0 atom stereocenters. The molecule has 0 aromatic heterocycles. The summed E-state index contributed by atoms with van der Waals surface area (Å²) < 4.78 is 32.3. The topological polar surface area (TPSA) is 57.2 Å². The smallest absolute Gasteiger partial charge is 0.744 e. The van der Waals surface area contributed by atoms with E-state index in [1.165, 1.54) is 12.1 Å². The molecular formula is C13H11NaO3S. The van der Waals surface area contributed by atoms with Gasteiger partial charge >= 0.3 is 29.6 Å². The Bertz CT molecular complexity index is 616. The summed E-state index contributed by atoms with van der Waals surface area (Å²) in [7, 11) is -4.36. The maximum atomic E-state index is 10.8. The fourth-order valence-electron chi connectivity index (χ4n) is 1.56. The van der Waals surface area contributed by atoms with Crippen LogP contribution in [0.25, 0.3) is 11.1 Å². The zero-order valence-electron chi connectivity index (χ0n) is 10.3. The first-order valence-corrected chi connectivity index (χ1v) is 6.51. The number of hydrogen-bond donors (Lipinski definition) is 0. The molecule has 5 heteroatoms. The van der Waals surface area contributed by atoms with Crippen LogP contribution >= 0.6 is 0 Å². The van der Waals surface area contributed by atoms with Gasteiger partial charge in [0.15, 0.2) is 0 Å². The largest absolute Gasteiger partial charge is 1.00 e. The molecular weight excluding hydrogens is 259 g/mol. The van der Waals surface area contributed by atoms with Gasteiger partial charge in [-0.2, -0.15) is 0 Å². The number of aryl methyl sites for hydroxylation is 1. The van der Waals surface area contributed by atoms with Gasteiger partial charge in [0.1, 0.15) is 10.1 Å². The van der Waals surface area contributed by atoms with Gasteiger partial charge < -0.3 is 4.55 Å². The third-order valence-corrected chi connectivity index (χ3v) is 3.38. The Morgan fingerprint density at radius 3 is 1.61 bits per heavy atom. The van der Waals surface area contributed by atoms with E-state index in [1.54, 1.807) is 12.1 Å². The molecule has 0 saturated heterocycles. The van der Waals surface area contributed by atoms with E-state index in [0.717, 1.165) is 16.7 Å². The summed E-state index contributed by atoms with van der Waals surface area (Å²) in [5.41, 5.74) is 3.04. The Kier molecular flexibility index (Phi) is 5.13. The van der Waals surface area contributed by atoms with Crippen molar-refractivity contribution in [1.29, 1.82) is 0 Å². The van der Waals surface area contributed by atoms with Gasteiger partial charge in [-0.3, -0.25) is 0 Å². The predicted octanol–water partition coefficient (Wildman–Crippen LogP) is -0.430. The molecule has 2 rings (SSSR count). The van der Waals surface area contributed by atoms with Crippen LogP contribution in [0, 0.1) is 6.92 Å². The molecule has 2 aromatic carbocycles. The summed E-state index contributed by atoms with van der Waals surface area (Å²) in [5, 5.41) is 0. The SMILES string of the molecule is Cc1ccc(-c2ccc(S(=O)(=O)[O-])cc2)cc1.[Na+]. The molecule has 0 fully saturated rings. The Morgan fingerprint density at radius 2 is 1.22 bits per heavy atom. The number of rotatable bonds is 2. The maximum Gasteiger partial charge on any atom is 1.00 e. The van der Waals surface area contributed by atoms with Crippen molar-refractivity contribution in [3.63, 3.8) is 0 Å². The Hall–Kier alpha value is -0.650. The van der Waals surface area contributed by atoms with Crippen LogP contribution < -0.4 is 29.6 Å². The van der Waals surface area contributed by atoms with Crippen molar-refractivity contribution in [3.05, 3.63) is 54.1 Å². The van der Waals surface area contributed by atoms with Gasteiger partial charge in [0.05, 0.1) is 4.90 Å². The fraction of sp³-hybridized carbons (Fsp3) is 0.0769. The normalized spacial score (nSPS) is 10.8. The van der Waals surface area contributed by atoms with Crippen LogP contribution in [0.15, 0.2) is 53.4 Å². The minimum atomic E-state index is -4.36. The molecule has 0 aliphatic carbocycles. The van der Waals surface area contributed by atoms with E-state index in [4.69, 9.17) is 0 Å². The first-order valence-electron chi connectivity index (χ1n) is 5.10. The van der Waals surface area contributed by atoms with Crippen molar-refractivity contribution in [3.8, 4) is 11.1 Å². The van der Waals surface area contributed by atoms with Gasteiger partial charge in [-0.1, -0.05) is 42.0 Å². The molecule has 0 radical (unpaired) electrons. The second kappa shape index (κ2) is 5.99. The van der Waals surface area contributed by atoms with E-state index in [1.807, 2.05) is 31.2 Å². The van der Waals surface area contributed by atoms with Crippen LogP contribution in [0.2, 0.25) is 0 Å². The zero-order chi connectivity index (χ0) is 12.5. The summed E-state index contributed by atoms with van der Waals surface area (Å²) in [5.74, 6) is 0. The van der Waals surface area contributed by atoms with E-state index in [2.05, 4.69) is 0 Å². The molecule has 3 nitrogen and oxygen atoms in total. The summed E-state index contributed by atoms with van der Waals surface area (Å²) in [6, 6.07) is 13.8. The second-order valence-corrected chi connectivity index (χ2v) is 5.22. The third-order valence-electron chi connectivity index (χ3n) is 2.53. The molecule has 0 heterocycles. The predicted molar refractivity (Wildman–Crippen MR) is 64.6 cm³/mol. The standard InChI is InChI=1S/C13H12O3S.Na/c1-10-2-4-11(5-3-10)12-6-8-13(9-7-12)17(14,15)16;/h2-9H,1H3,(H,14,15,16);/q;+1/p-1. The molecule has 0 amide bonds. The molecule has 18 heavy (non-hydrogen) atoms. The van der Waals surface area contributed by atoms with Crippen molar-refractivity contribution in [2.75, 3.05) is 0 Å². The zero-order valence-corrected chi connectivity index (χ0v) is 13.1. The molecule has 88 valence electrons. The average Bonchev–Trinajstić information content (AvgIpc) is 2.29. The number of benzene rings is 2. The number of hydrogen-bond acceptors (Lipinski definition) is 3. The van der Waals surface area contributed by atoms with E-state index in [-0.39, 0.29) is 34.5 Å². The first kappa shape index (κ1) is 15.4. The molecule has 0 aliphatic rings.